The summed E-state index contributed by atoms with van der Waals surface area (Å²) in [6.07, 6.45) is -0.138. The molecular weight excluding hydrogens is 311 g/mol. The predicted molar refractivity (Wildman–Crippen MR) is 77.8 cm³/mol. The number of β-amino-alcohol motifs (C(OH)–C–C–N with tert-alkyl or cyclic N) is 1. The fourth-order valence-electron chi connectivity index (χ4n) is 2.80. The van der Waals surface area contributed by atoms with E-state index in [1.165, 1.54) is 32.9 Å². The Labute approximate surface area is 129 Å². The van der Waals surface area contributed by atoms with Crippen molar-refractivity contribution in [3.05, 3.63) is 35.6 Å². The Morgan fingerprint density at radius 1 is 1.27 bits per heavy atom. The zero-order valence-electron chi connectivity index (χ0n) is 12.3. The van der Waals surface area contributed by atoms with Crippen molar-refractivity contribution in [1.29, 1.82) is 0 Å². The van der Waals surface area contributed by atoms with E-state index in [0.29, 0.717) is 25.3 Å². The Morgan fingerprint density at radius 2 is 1.91 bits per heavy atom. The van der Waals surface area contributed by atoms with Gasteiger partial charge < -0.3 is 9.84 Å². The quantitative estimate of drug-likeness (QED) is 0.865. The fourth-order valence-corrected chi connectivity index (χ4v) is 4.59. The number of halogens is 1. The van der Waals surface area contributed by atoms with Gasteiger partial charge in [0.15, 0.2) is 0 Å². The predicted octanol–water partition coefficient (Wildman–Crippen LogP) is 0.294. The van der Waals surface area contributed by atoms with E-state index in [1.807, 2.05) is 6.92 Å². The zero-order chi connectivity index (χ0) is 16.0. The lowest BCUT2D eigenvalue weighted by molar-refractivity contribution is -0.0694. The molecule has 0 unspecified atom stereocenters. The summed E-state index contributed by atoms with van der Waals surface area (Å²) in [5, 5.41) is 10.5. The number of nitrogens with zero attached hydrogens (tertiary/aromatic N) is 2. The maximum Gasteiger partial charge on any atom is 0.282 e. The van der Waals surface area contributed by atoms with Gasteiger partial charge in [0.1, 0.15) is 11.4 Å². The molecule has 0 aliphatic carbocycles. The Morgan fingerprint density at radius 3 is 2.50 bits per heavy atom. The molecule has 2 heterocycles. The molecule has 2 fully saturated rings. The molecule has 1 aromatic carbocycles. The van der Waals surface area contributed by atoms with Crippen LogP contribution in [-0.4, -0.2) is 61.0 Å². The van der Waals surface area contributed by atoms with Gasteiger partial charge in [-0.3, -0.25) is 0 Å². The minimum atomic E-state index is -3.59. The van der Waals surface area contributed by atoms with Gasteiger partial charge in [-0.1, -0.05) is 12.1 Å². The summed E-state index contributed by atoms with van der Waals surface area (Å²) in [6, 6.07) is 5.48. The third-order valence-electron chi connectivity index (χ3n) is 4.11. The van der Waals surface area contributed by atoms with Gasteiger partial charge in [0.05, 0.1) is 12.7 Å². The first-order chi connectivity index (χ1) is 10.3. The van der Waals surface area contributed by atoms with Crippen LogP contribution in [0.5, 0.6) is 0 Å². The number of hydrogen-bond acceptors (Lipinski definition) is 4. The highest BCUT2D eigenvalue weighted by molar-refractivity contribution is 7.86. The van der Waals surface area contributed by atoms with Crippen LogP contribution in [0.2, 0.25) is 0 Å². The molecule has 2 aliphatic heterocycles. The fraction of sp³-hybridized carbons (Fsp3) is 0.571. The molecule has 3 rings (SSSR count). The molecule has 0 aromatic heterocycles. The third-order valence-corrected chi connectivity index (χ3v) is 6.01. The molecule has 2 aliphatic rings. The van der Waals surface area contributed by atoms with E-state index >= 15 is 0 Å². The summed E-state index contributed by atoms with van der Waals surface area (Å²) in [5.74, 6) is -0.390. The number of hydrogen-bond donors (Lipinski definition) is 1. The Kier molecular flexibility index (Phi) is 3.98. The van der Waals surface area contributed by atoms with Crippen molar-refractivity contribution >= 4 is 10.2 Å². The number of ether oxygens (including phenoxy) is 1. The van der Waals surface area contributed by atoms with Crippen LogP contribution in [-0.2, 0) is 20.5 Å². The highest BCUT2D eigenvalue weighted by atomic mass is 32.2. The van der Waals surface area contributed by atoms with E-state index < -0.39 is 21.6 Å². The van der Waals surface area contributed by atoms with Gasteiger partial charge in [0, 0.05) is 26.2 Å². The Bertz CT molecular complexity index is 643. The van der Waals surface area contributed by atoms with Gasteiger partial charge in [0.2, 0.25) is 0 Å². The van der Waals surface area contributed by atoms with Crippen LogP contribution in [0.25, 0.3) is 0 Å². The SMILES string of the molecule is C[C@H]1CN(S(=O)(=O)N2CC(O)(c3ccc(F)cc3)C2)CCO1. The van der Waals surface area contributed by atoms with Crippen molar-refractivity contribution in [2.45, 2.75) is 18.6 Å². The summed E-state index contributed by atoms with van der Waals surface area (Å²) >= 11 is 0. The van der Waals surface area contributed by atoms with Crippen LogP contribution in [0.1, 0.15) is 12.5 Å². The summed E-state index contributed by atoms with van der Waals surface area (Å²) in [7, 11) is -3.59. The van der Waals surface area contributed by atoms with Crippen LogP contribution >= 0.6 is 0 Å². The van der Waals surface area contributed by atoms with E-state index in [4.69, 9.17) is 4.74 Å². The van der Waals surface area contributed by atoms with Gasteiger partial charge in [-0.15, -0.1) is 0 Å². The van der Waals surface area contributed by atoms with Crippen LogP contribution in [0.3, 0.4) is 0 Å². The lowest BCUT2D eigenvalue weighted by atomic mass is 9.88. The first-order valence-corrected chi connectivity index (χ1v) is 8.56. The van der Waals surface area contributed by atoms with Crippen molar-refractivity contribution in [3.63, 3.8) is 0 Å². The van der Waals surface area contributed by atoms with Crippen molar-refractivity contribution in [2.75, 3.05) is 32.8 Å². The summed E-state index contributed by atoms with van der Waals surface area (Å²) in [5.41, 5.74) is -0.728. The van der Waals surface area contributed by atoms with Gasteiger partial charge >= 0.3 is 0 Å². The summed E-state index contributed by atoms with van der Waals surface area (Å²) < 4.78 is 45.9. The second-order valence-electron chi connectivity index (χ2n) is 5.85. The van der Waals surface area contributed by atoms with Gasteiger partial charge in [-0.25, -0.2) is 4.39 Å². The minimum Gasteiger partial charge on any atom is -0.382 e. The van der Waals surface area contributed by atoms with E-state index in [2.05, 4.69) is 0 Å². The molecular formula is C14H19FN2O4S. The molecule has 0 radical (unpaired) electrons. The topological polar surface area (TPSA) is 70.1 Å². The normalized spacial score (nSPS) is 26.6. The van der Waals surface area contributed by atoms with Crippen LogP contribution in [0.4, 0.5) is 4.39 Å². The number of benzene rings is 1. The lowest BCUT2D eigenvalue weighted by Gasteiger charge is -2.47. The zero-order valence-corrected chi connectivity index (χ0v) is 13.1. The first kappa shape index (κ1) is 15.8. The molecule has 2 saturated heterocycles. The minimum absolute atomic E-state index is 0.0211. The molecule has 0 saturated carbocycles. The summed E-state index contributed by atoms with van der Waals surface area (Å²) in [6.45, 7) is 2.79. The van der Waals surface area contributed by atoms with Crippen molar-refractivity contribution in [3.8, 4) is 0 Å². The van der Waals surface area contributed by atoms with Crippen LogP contribution in [0.15, 0.2) is 24.3 Å². The monoisotopic (exact) mass is 330 g/mol. The Balaban J connectivity index is 1.70. The maximum absolute atomic E-state index is 12.9. The summed E-state index contributed by atoms with van der Waals surface area (Å²) in [4.78, 5) is 0. The second-order valence-corrected chi connectivity index (χ2v) is 7.78. The molecule has 0 bridgehead atoms. The van der Waals surface area contributed by atoms with Crippen molar-refractivity contribution in [2.24, 2.45) is 0 Å². The molecule has 1 N–H and O–H groups in total. The van der Waals surface area contributed by atoms with Gasteiger partial charge in [-0.05, 0) is 24.6 Å². The highest BCUT2D eigenvalue weighted by Crippen LogP contribution is 2.35. The van der Waals surface area contributed by atoms with E-state index in [-0.39, 0.29) is 19.2 Å². The third kappa shape index (κ3) is 2.77. The molecule has 6 nitrogen and oxygen atoms in total. The van der Waals surface area contributed by atoms with E-state index in [9.17, 15) is 17.9 Å². The molecule has 1 atom stereocenters. The molecule has 8 heteroatoms. The first-order valence-electron chi connectivity index (χ1n) is 7.16. The average molecular weight is 330 g/mol. The lowest BCUT2D eigenvalue weighted by Crippen LogP contribution is -2.64. The van der Waals surface area contributed by atoms with E-state index in [1.54, 1.807) is 0 Å². The maximum atomic E-state index is 12.9. The number of morpholine rings is 1. The number of rotatable bonds is 3. The smallest absolute Gasteiger partial charge is 0.282 e. The molecule has 1 aromatic rings. The largest absolute Gasteiger partial charge is 0.382 e. The average Bonchev–Trinajstić information content (AvgIpc) is 2.44. The molecule has 22 heavy (non-hydrogen) atoms. The molecule has 122 valence electrons. The van der Waals surface area contributed by atoms with Crippen LogP contribution < -0.4 is 0 Å². The number of aliphatic hydroxyl groups is 1. The highest BCUT2D eigenvalue weighted by Gasteiger charge is 2.50. The van der Waals surface area contributed by atoms with Gasteiger partial charge in [-0.2, -0.15) is 17.0 Å². The second kappa shape index (κ2) is 5.54. The van der Waals surface area contributed by atoms with Crippen LogP contribution in [0, 0.1) is 5.82 Å². The molecule has 0 spiro atoms. The van der Waals surface area contributed by atoms with E-state index in [0.717, 1.165) is 0 Å². The molecule has 0 amide bonds. The Hall–Kier alpha value is -1.06. The standard InChI is InChI=1S/C14H19FN2O4S/c1-11-8-16(6-7-21-11)22(19,20)17-9-14(18,10-17)12-2-4-13(15)5-3-12/h2-5,11,18H,6-10H2,1H3/t11-/m0/s1. The van der Waals surface area contributed by atoms with Crippen molar-refractivity contribution in [1.82, 2.24) is 8.61 Å². The van der Waals surface area contributed by atoms with Crippen molar-refractivity contribution < 1.29 is 22.7 Å². The van der Waals surface area contributed by atoms with Gasteiger partial charge in [0.25, 0.3) is 10.2 Å².